The van der Waals surface area contributed by atoms with E-state index in [4.69, 9.17) is 16.3 Å². The molecule has 0 fully saturated rings. The molecule has 2 aromatic rings. The summed E-state index contributed by atoms with van der Waals surface area (Å²) in [5.41, 5.74) is 1.08. The molecule has 1 heterocycles. The maximum Gasteiger partial charge on any atom is 0.203 e. The molecule has 0 bridgehead atoms. The molecule has 96 valence electrons. The number of rotatable bonds is 6. The van der Waals surface area contributed by atoms with Crippen molar-refractivity contribution < 1.29 is 4.74 Å². The molecule has 0 saturated heterocycles. The van der Waals surface area contributed by atoms with Crippen molar-refractivity contribution in [1.29, 1.82) is 0 Å². The van der Waals surface area contributed by atoms with Crippen molar-refractivity contribution in [2.24, 2.45) is 0 Å². The van der Waals surface area contributed by atoms with Gasteiger partial charge in [0.15, 0.2) is 0 Å². The van der Waals surface area contributed by atoms with Gasteiger partial charge in [-0.05, 0) is 11.6 Å². The Morgan fingerprint density at radius 2 is 2.22 bits per heavy atom. The first-order valence-electron chi connectivity index (χ1n) is 5.78. The van der Waals surface area contributed by atoms with Crippen LogP contribution in [0.25, 0.3) is 0 Å². The Bertz CT molecular complexity index is 498. The fourth-order valence-corrected chi connectivity index (χ4v) is 1.87. The first-order valence-corrected chi connectivity index (χ1v) is 6.16. The molecule has 0 radical (unpaired) electrons. The lowest BCUT2D eigenvalue weighted by molar-refractivity contribution is 0.210. The Morgan fingerprint density at radius 3 is 3.00 bits per heavy atom. The highest BCUT2D eigenvalue weighted by Crippen LogP contribution is 2.17. The highest BCUT2D eigenvalue weighted by atomic mass is 35.5. The first-order chi connectivity index (χ1) is 8.81. The monoisotopic (exact) mass is 265 g/mol. The normalized spacial score (nSPS) is 10.6. The number of methoxy groups -OCH3 is 1. The van der Waals surface area contributed by atoms with Crippen LogP contribution in [0.1, 0.15) is 5.56 Å². The second-order valence-electron chi connectivity index (χ2n) is 3.89. The molecule has 1 aromatic carbocycles. The molecule has 2 rings (SSSR count). The largest absolute Gasteiger partial charge is 0.383 e. The summed E-state index contributed by atoms with van der Waals surface area (Å²) >= 11 is 6.15. The molecular formula is C13H16ClN3O. The van der Waals surface area contributed by atoms with Gasteiger partial charge >= 0.3 is 0 Å². The van der Waals surface area contributed by atoms with E-state index >= 15 is 0 Å². The van der Waals surface area contributed by atoms with Crippen molar-refractivity contribution in [3.63, 3.8) is 0 Å². The molecule has 0 saturated carbocycles. The summed E-state index contributed by atoms with van der Waals surface area (Å²) in [6, 6.07) is 7.82. The van der Waals surface area contributed by atoms with Crippen LogP contribution in [-0.4, -0.2) is 29.8 Å². The second-order valence-corrected chi connectivity index (χ2v) is 4.30. The van der Waals surface area contributed by atoms with Gasteiger partial charge in [-0.15, -0.1) is 0 Å². The van der Waals surface area contributed by atoms with Gasteiger partial charge in [-0.2, -0.15) is 0 Å². The lowest BCUT2D eigenvalue weighted by atomic mass is 10.2. The number of nitrogens with one attached hydrogen (secondary N) is 1. The van der Waals surface area contributed by atoms with E-state index in [2.05, 4.69) is 10.3 Å². The van der Waals surface area contributed by atoms with E-state index < -0.39 is 0 Å². The summed E-state index contributed by atoms with van der Waals surface area (Å²) in [7, 11) is 1.68. The van der Waals surface area contributed by atoms with Crippen LogP contribution in [0.15, 0.2) is 36.7 Å². The van der Waals surface area contributed by atoms with Crippen molar-refractivity contribution in [3.05, 3.63) is 47.2 Å². The van der Waals surface area contributed by atoms with E-state index in [0.29, 0.717) is 13.2 Å². The van der Waals surface area contributed by atoms with Gasteiger partial charge in [0.25, 0.3) is 0 Å². The summed E-state index contributed by atoms with van der Waals surface area (Å²) in [5, 5.41) is 3.99. The minimum atomic E-state index is 0.652. The third-order valence-corrected chi connectivity index (χ3v) is 2.97. The predicted molar refractivity (Wildman–Crippen MR) is 73.1 cm³/mol. The summed E-state index contributed by atoms with van der Waals surface area (Å²) in [6.45, 7) is 2.09. The fraction of sp³-hybridized carbons (Fsp3) is 0.308. The molecule has 0 amide bonds. The number of imidazole rings is 1. The van der Waals surface area contributed by atoms with Crippen molar-refractivity contribution in [2.75, 3.05) is 25.6 Å². The molecule has 18 heavy (non-hydrogen) atoms. The SMILES string of the molecule is COCCNc1nccn1Cc1ccccc1Cl. The third kappa shape index (κ3) is 3.24. The van der Waals surface area contributed by atoms with Gasteiger partial charge in [0, 0.05) is 31.1 Å². The number of anilines is 1. The molecule has 0 aliphatic rings. The maximum absolute atomic E-state index is 6.15. The zero-order valence-corrected chi connectivity index (χ0v) is 11.0. The van der Waals surface area contributed by atoms with E-state index in [1.54, 1.807) is 13.3 Å². The molecular weight excluding hydrogens is 250 g/mol. The van der Waals surface area contributed by atoms with Crippen LogP contribution in [0.5, 0.6) is 0 Å². The minimum Gasteiger partial charge on any atom is -0.383 e. The summed E-state index contributed by atoms with van der Waals surface area (Å²) in [4.78, 5) is 4.27. The average Bonchev–Trinajstić information content (AvgIpc) is 2.80. The van der Waals surface area contributed by atoms with Crippen molar-refractivity contribution in [1.82, 2.24) is 9.55 Å². The smallest absolute Gasteiger partial charge is 0.203 e. The van der Waals surface area contributed by atoms with Gasteiger partial charge in [-0.25, -0.2) is 4.98 Å². The van der Waals surface area contributed by atoms with Crippen molar-refractivity contribution in [3.8, 4) is 0 Å². The van der Waals surface area contributed by atoms with Crippen LogP contribution >= 0.6 is 11.6 Å². The molecule has 0 aliphatic carbocycles. The van der Waals surface area contributed by atoms with Crippen molar-refractivity contribution in [2.45, 2.75) is 6.54 Å². The van der Waals surface area contributed by atoms with Gasteiger partial charge in [-0.1, -0.05) is 29.8 Å². The molecule has 5 heteroatoms. The van der Waals surface area contributed by atoms with E-state index in [1.165, 1.54) is 0 Å². The van der Waals surface area contributed by atoms with Crippen LogP contribution in [0.3, 0.4) is 0 Å². The quantitative estimate of drug-likeness (QED) is 0.816. The van der Waals surface area contributed by atoms with Gasteiger partial charge in [-0.3, -0.25) is 0 Å². The van der Waals surface area contributed by atoms with E-state index in [1.807, 2.05) is 35.0 Å². The number of nitrogens with zero attached hydrogens (tertiary/aromatic N) is 2. The van der Waals surface area contributed by atoms with Gasteiger partial charge < -0.3 is 14.6 Å². The standard InChI is InChI=1S/C13H16ClN3O/c1-18-9-7-16-13-15-6-8-17(13)10-11-4-2-3-5-12(11)14/h2-6,8H,7,9-10H2,1H3,(H,15,16). The van der Waals surface area contributed by atoms with E-state index in [9.17, 15) is 0 Å². The second kappa shape index (κ2) is 6.42. The molecule has 1 N–H and O–H groups in total. The highest BCUT2D eigenvalue weighted by Gasteiger charge is 2.05. The van der Waals surface area contributed by atoms with Crippen LogP contribution in [0.4, 0.5) is 5.95 Å². The molecule has 0 unspecified atom stereocenters. The zero-order chi connectivity index (χ0) is 12.8. The highest BCUT2D eigenvalue weighted by molar-refractivity contribution is 6.31. The number of aromatic nitrogens is 2. The first kappa shape index (κ1) is 12.9. The molecule has 0 aliphatic heterocycles. The maximum atomic E-state index is 6.15. The van der Waals surface area contributed by atoms with Gasteiger partial charge in [0.2, 0.25) is 5.95 Å². The van der Waals surface area contributed by atoms with Crippen LogP contribution in [-0.2, 0) is 11.3 Å². The summed E-state index contributed by atoms with van der Waals surface area (Å²) in [5.74, 6) is 0.826. The average molecular weight is 266 g/mol. The van der Waals surface area contributed by atoms with E-state index in [0.717, 1.165) is 23.1 Å². The Morgan fingerprint density at radius 1 is 1.39 bits per heavy atom. The topological polar surface area (TPSA) is 39.1 Å². The molecule has 1 aromatic heterocycles. The number of benzene rings is 1. The Kier molecular flexibility index (Phi) is 4.61. The minimum absolute atomic E-state index is 0.652. The summed E-state index contributed by atoms with van der Waals surface area (Å²) < 4.78 is 7.02. The fourth-order valence-electron chi connectivity index (χ4n) is 1.68. The number of hydrogen-bond acceptors (Lipinski definition) is 3. The molecule has 0 spiro atoms. The van der Waals surface area contributed by atoms with Crippen LogP contribution < -0.4 is 5.32 Å². The van der Waals surface area contributed by atoms with Crippen molar-refractivity contribution >= 4 is 17.5 Å². The lowest BCUT2D eigenvalue weighted by Gasteiger charge is -2.10. The Hall–Kier alpha value is -1.52. The zero-order valence-electron chi connectivity index (χ0n) is 10.3. The third-order valence-electron chi connectivity index (χ3n) is 2.60. The summed E-state index contributed by atoms with van der Waals surface area (Å²) in [6.07, 6.45) is 3.70. The number of halogens is 1. The molecule has 4 nitrogen and oxygen atoms in total. The Balaban J connectivity index is 2.05. The number of hydrogen-bond donors (Lipinski definition) is 1. The Labute approximate surface area is 112 Å². The van der Waals surface area contributed by atoms with Crippen LogP contribution in [0.2, 0.25) is 5.02 Å². The lowest BCUT2D eigenvalue weighted by Crippen LogP contribution is -2.12. The van der Waals surface area contributed by atoms with Crippen LogP contribution in [0, 0.1) is 0 Å². The van der Waals surface area contributed by atoms with Gasteiger partial charge in [0.1, 0.15) is 0 Å². The predicted octanol–water partition coefficient (Wildman–Crippen LogP) is 2.64. The molecule has 0 atom stereocenters. The van der Waals surface area contributed by atoms with E-state index in [-0.39, 0.29) is 0 Å². The van der Waals surface area contributed by atoms with Gasteiger partial charge in [0.05, 0.1) is 13.2 Å². The number of ether oxygens (including phenoxy) is 1.